The minimum absolute atomic E-state index is 0.0884. The first-order valence-corrected chi connectivity index (χ1v) is 12.3. The van der Waals surface area contributed by atoms with Crippen LogP contribution in [0.2, 0.25) is 5.02 Å². The number of amides is 1. The Kier molecular flexibility index (Phi) is 6.17. The predicted molar refractivity (Wildman–Crippen MR) is 136 cm³/mol. The van der Waals surface area contributed by atoms with Gasteiger partial charge in [-0.15, -0.1) is 0 Å². The molecule has 3 atom stereocenters. The zero-order valence-electron chi connectivity index (χ0n) is 19.5. The summed E-state index contributed by atoms with van der Waals surface area (Å²) in [5.74, 6) is 0.840. The van der Waals surface area contributed by atoms with Crippen molar-refractivity contribution >= 4 is 39.3 Å². The Balaban J connectivity index is 1.50. The topological polar surface area (TPSA) is 68.9 Å². The van der Waals surface area contributed by atoms with Gasteiger partial charge in [0.2, 0.25) is 5.91 Å². The molecule has 7 heteroatoms. The molecule has 176 valence electrons. The van der Waals surface area contributed by atoms with Crippen molar-refractivity contribution in [1.29, 1.82) is 0 Å². The molecule has 4 aromatic rings. The Labute approximate surface area is 203 Å². The van der Waals surface area contributed by atoms with E-state index in [1.165, 1.54) is 11.1 Å². The lowest BCUT2D eigenvalue weighted by atomic mass is 9.78. The monoisotopic (exact) mass is 476 g/mol. The molecule has 2 heterocycles. The number of halogens is 1. The number of carbonyl (C=O) groups excluding carboxylic acids is 1. The number of hydrogen-bond donors (Lipinski definition) is 1. The number of rotatable bonds is 5. The van der Waals surface area contributed by atoms with Crippen molar-refractivity contribution in [3.8, 4) is 0 Å². The minimum Gasteiger partial charge on any atom is -0.351 e. The van der Waals surface area contributed by atoms with Crippen molar-refractivity contribution in [3.05, 3.63) is 75.7 Å². The van der Waals surface area contributed by atoms with Crippen LogP contribution in [0.1, 0.15) is 38.7 Å². The zero-order valence-corrected chi connectivity index (χ0v) is 20.3. The van der Waals surface area contributed by atoms with Gasteiger partial charge < -0.3 is 9.88 Å². The van der Waals surface area contributed by atoms with Gasteiger partial charge in [0.25, 0.3) is 5.56 Å². The molecule has 34 heavy (non-hydrogen) atoms. The van der Waals surface area contributed by atoms with Gasteiger partial charge in [0.05, 0.1) is 6.20 Å². The molecule has 0 unspecified atom stereocenters. The van der Waals surface area contributed by atoms with Gasteiger partial charge in [0, 0.05) is 33.9 Å². The van der Waals surface area contributed by atoms with Crippen LogP contribution in [0.15, 0.2) is 59.5 Å². The van der Waals surface area contributed by atoms with Crippen LogP contribution < -0.4 is 10.9 Å². The van der Waals surface area contributed by atoms with E-state index < -0.39 is 0 Å². The lowest BCUT2D eigenvalue weighted by Gasteiger charge is -2.34. The highest BCUT2D eigenvalue weighted by atomic mass is 35.5. The molecule has 1 amide bonds. The largest absolute Gasteiger partial charge is 0.351 e. The number of nitrogens with one attached hydrogen (secondary N) is 1. The lowest BCUT2D eigenvalue weighted by Crippen LogP contribution is -2.45. The summed E-state index contributed by atoms with van der Waals surface area (Å²) in [6, 6.07) is 15.7. The quantitative estimate of drug-likeness (QED) is 0.441. The first-order chi connectivity index (χ1) is 16.4. The molecule has 0 bridgehead atoms. The molecule has 2 aromatic carbocycles. The third kappa shape index (κ3) is 4.23. The van der Waals surface area contributed by atoms with Gasteiger partial charge in [0.15, 0.2) is 0 Å². The SMILES string of the molecule is C[C@@H]1[C@H](C)CCC[C@H]1NC(=O)Cn1ncc2c3ccccc3n(Cc3ccc(Cl)cc3)c2c1=O. The van der Waals surface area contributed by atoms with E-state index >= 15 is 0 Å². The van der Waals surface area contributed by atoms with Gasteiger partial charge in [-0.2, -0.15) is 5.10 Å². The highest BCUT2D eigenvalue weighted by Crippen LogP contribution is 2.30. The van der Waals surface area contributed by atoms with Gasteiger partial charge >= 0.3 is 0 Å². The number of nitrogens with zero attached hydrogens (tertiary/aromatic N) is 3. The van der Waals surface area contributed by atoms with E-state index in [1.54, 1.807) is 6.20 Å². The maximum Gasteiger partial charge on any atom is 0.291 e. The lowest BCUT2D eigenvalue weighted by molar-refractivity contribution is -0.123. The van der Waals surface area contributed by atoms with Crippen LogP contribution in [-0.4, -0.2) is 26.3 Å². The molecule has 0 saturated heterocycles. The van der Waals surface area contributed by atoms with Gasteiger partial charge in [-0.3, -0.25) is 9.59 Å². The molecule has 0 aliphatic heterocycles. The van der Waals surface area contributed by atoms with Crippen molar-refractivity contribution < 1.29 is 4.79 Å². The second-order valence-corrected chi connectivity index (χ2v) is 9.98. The van der Waals surface area contributed by atoms with Gasteiger partial charge in [0.1, 0.15) is 12.1 Å². The van der Waals surface area contributed by atoms with Crippen LogP contribution >= 0.6 is 11.6 Å². The van der Waals surface area contributed by atoms with E-state index in [0.29, 0.717) is 28.9 Å². The van der Waals surface area contributed by atoms with E-state index in [9.17, 15) is 9.59 Å². The van der Waals surface area contributed by atoms with E-state index in [-0.39, 0.29) is 24.1 Å². The average Bonchev–Trinajstić information content (AvgIpc) is 3.14. The highest BCUT2D eigenvalue weighted by molar-refractivity contribution is 6.30. The summed E-state index contributed by atoms with van der Waals surface area (Å²) in [6.07, 6.45) is 5.00. The number of aromatic nitrogens is 3. The number of para-hydroxylation sites is 1. The molecule has 1 aliphatic carbocycles. The molecular formula is C27H29ClN4O2. The molecule has 1 fully saturated rings. The average molecular weight is 477 g/mol. The Hall–Kier alpha value is -3.12. The first-order valence-electron chi connectivity index (χ1n) is 11.9. The van der Waals surface area contributed by atoms with Crippen LogP contribution in [0.4, 0.5) is 0 Å². The standard InChI is InChI=1S/C27H29ClN4O2/c1-17-6-5-8-23(18(17)2)30-25(33)16-32-27(34)26-22(14-29-32)21-7-3-4-9-24(21)31(26)15-19-10-12-20(28)13-11-19/h3-4,7,9-14,17-18,23H,5-6,8,15-16H2,1-2H3,(H,30,33)/t17-,18-,23-/m1/s1. The maximum absolute atomic E-state index is 13.6. The van der Waals surface area contributed by atoms with Crippen molar-refractivity contribution in [2.75, 3.05) is 0 Å². The molecule has 6 nitrogen and oxygen atoms in total. The van der Waals surface area contributed by atoms with E-state index in [2.05, 4.69) is 24.3 Å². The predicted octanol–water partition coefficient (Wildman–Crippen LogP) is 4.99. The molecule has 1 saturated carbocycles. The van der Waals surface area contributed by atoms with Crippen LogP contribution in [-0.2, 0) is 17.9 Å². The maximum atomic E-state index is 13.6. The molecule has 0 radical (unpaired) electrons. The molecule has 5 rings (SSSR count). The molecule has 0 spiro atoms. The summed E-state index contributed by atoms with van der Waals surface area (Å²) in [7, 11) is 0. The molecule has 2 aromatic heterocycles. The van der Waals surface area contributed by atoms with Crippen molar-refractivity contribution in [3.63, 3.8) is 0 Å². The fourth-order valence-corrected chi connectivity index (χ4v) is 5.34. The summed E-state index contributed by atoms with van der Waals surface area (Å²) in [4.78, 5) is 26.5. The third-order valence-corrected chi connectivity index (χ3v) is 7.63. The summed E-state index contributed by atoms with van der Waals surface area (Å²) in [6.45, 7) is 4.86. The number of carbonyl (C=O) groups is 1. The van der Waals surface area contributed by atoms with Gasteiger partial charge in [-0.05, 0) is 42.0 Å². The zero-order chi connectivity index (χ0) is 23.8. The van der Waals surface area contributed by atoms with Crippen LogP contribution in [0.25, 0.3) is 21.8 Å². The number of fused-ring (bicyclic) bond motifs is 3. The van der Waals surface area contributed by atoms with Crippen LogP contribution in [0, 0.1) is 11.8 Å². The molecular weight excluding hydrogens is 448 g/mol. The fourth-order valence-electron chi connectivity index (χ4n) is 5.22. The normalized spacial score (nSPS) is 20.6. The van der Waals surface area contributed by atoms with E-state index in [4.69, 9.17) is 11.6 Å². The molecule has 1 N–H and O–H groups in total. The first kappa shape index (κ1) is 22.7. The van der Waals surface area contributed by atoms with Crippen molar-refractivity contribution in [2.45, 2.75) is 52.2 Å². The summed E-state index contributed by atoms with van der Waals surface area (Å²) < 4.78 is 3.29. The fraction of sp³-hybridized carbons (Fsp3) is 0.370. The Morgan fingerprint density at radius 3 is 2.65 bits per heavy atom. The number of benzene rings is 2. The minimum atomic E-state index is -0.261. The van der Waals surface area contributed by atoms with E-state index in [1.807, 2.05) is 53.1 Å². The Morgan fingerprint density at radius 1 is 1.09 bits per heavy atom. The summed E-state index contributed by atoms with van der Waals surface area (Å²) in [5, 5.41) is 9.95. The van der Waals surface area contributed by atoms with Crippen molar-refractivity contribution in [2.24, 2.45) is 11.8 Å². The highest BCUT2D eigenvalue weighted by Gasteiger charge is 2.28. The Bertz CT molecular complexity index is 1410. The van der Waals surface area contributed by atoms with Gasteiger partial charge in [-0.25, -0.2) is 4.68 Å². The third-order valence-electron chi connectivity index (χ3n) is 7.37. The Morgan fingerprint density at radius 2 is 1.85 bits per heavy atom. The number of hydrogen-bond acceptors (Lipinski definition) is 3. The van der Waals surface area contributed by atoms with Crippen LogP contribution in [0.5, 0.6) is 0 Å². The van der Waals surface area contributed by atoms with Gasteiger partial charge in [-0.1, -0.05) is 68.6 Å². The van der Waals surface area contributed by atoms with E-state index in [0.717, 1.165) is 34.7 Å². The smallest absolute Gasteiger partial charge is 0.291 e. The second kappa shape index (κ2) is 9.26. The molecule has 1 aliphatic rings. The summed E-state index contributed by atoms with van der Waals surface area (Å²) >= 11 is 6.06. The van der Waals surface area contributed by atoms with Crippen molar-refractivity contribution in [1.82, 2.24) is 19.7 Å². The van der Waals surface area contributed by atoms with Crippen LogP contribution in [0.3, 0.4) is 0 Å². The summed E-state index contributed by atoms with van der Waals surface area (Å²) in [5.41, 5.74) is 2.29. The second-order valence-electron chi connectivity index (χ2n) is 9.54.